The van der Waals surface area contributed by atoms with Gasteiger partial charge in [-0.25, -0.2) is 4.79 Å². The molecule has 0 N–H and O–H groups in total. The van der Waals surface area contributed by atoms with E-state index in [4.69, 9.17) is 9.47 Å². The molecule has 0 aromatic heterocycles. The van der Waals surface area contributed by atoms with Gasteiger partial charge >= 0.3 is 5.97 Å². The Morgan fingerprint density at radius 3 is 2.33 bits per heavy atom. The summed E-state index contributed by atoms with van der Waals surface area (Å²) >= 11 is 0. The van der Waals surface area contributed by atoms with Crippen LogP contribution in [0.5, 0.6) is 0 Å². The first kappa shape index (κ1) is 17.4. The lowest BCUT2D eigenvalue weighted by Crippen LogP contribution is -2.67. The number of methoxy groups -OCH3 is 2. The minimum atomic E-state index is -0.593. The van der Waals surface area contributed by atoms with Gasteiger partial charge in [0.05, 0.1) is 24.7 Å². The first-order valence-electron chi connectivity index (χ1n) is 6.97. The molecule has 0 spiro atoms. The number of β-lactam (4-membered cyclic amide) rings is 1. The molecule has 118 valence electrons. The van der Waals surface area contributed by atoms with Crippen molar-refractivity contribution in [2.24, 2.45) is 5.92 Å². The van der Waals surface area contributed by atoms with Crippen LogP contribution in [0.2, 0.25) is 0 Å². The van der Waals surface area contributed by atoms with E-state index in [9.17, 15) is 9.59 Å². The number of carbonyl (C=O) groups excluding carboxylic acids is 2. The van der Waals surface area contributed by atoms with Gasteiger partial charge in [0.2, 0.25) is 5.91 Å². The number of hydrogen-bond donors (Lipinski definition) is 0. The van der Waals surface area contributed by atoms with Crippen molar-refractivity contribution < 1.29 is 19.1 Å². The number of ether oxygens (including phenoxy) is 2. The third-order valence-corrected chi connectivity index (χ3v) is 4.00. The molecule has 0 aliphatic carbocycles. The molecule has 1 fully saturated rings. The molecule has 1 aliphatic heterocycles. The highest BCUT2D eigenvalue weighted by atomic mass is 16.5. The molecule has 21 heavy (non-hydrogen) atoms. The van der Waals surface area contributed by atoms with Gasteiger partial charge in [-0.1, -0.05) is 6.08 Å². The number of allylic oxidation sites excluding steroid dienone is 1. The van der Waals surface area contributed by atoms with Gasteiger partial charge in [-0.05, 0) is 39.7 Å². The van der Waals surface area contributed by atoms with Crippen molar-refractivity contribution in [3.05, 3.63) is 23.9 Å². The van der Waals surface area contributed by atoms with Crippen molar-refractivity contribution in [1.29, 1.82) is 0 Å². The van der Waals surface area contributed by atoms with E-state index in [1.165, 1.54) is 12.0 Å². The molecule has 0 aromatic rings. The van der Waals surface area contributed by atoms with Crippen LogP contribution in [0.3, 0.4) is 0 Å². The minimum absolute atomic E-state index is 0.115. The molecular formula is C16H25NO4. The molecule has 1 amide bonds. The summed E-state index contributed by atoms with van der Waals surface area (Å²) in [6.07, 6.45) is 2.35. The Balaban J connectivity index is 3.20. The number of esters is 1. The van der Waals surface area contributed by atoms with Crippen LogP contribution in [0.15, 0.2) is 23.9 Å². The van der Waals surface area contributed by atoms with E-state index in [1.54, 1.807) is 27.0 Å². The predicted molar refractivity (Wildman–Crippen MR) is 80.4 cm³/mol. The largest absolute Gasteiger partial charge is 0.464 e. The van der Waals surface area contributed by atoms with Gasteiger partial charge in [0.25, 0.3) is 0 Å². The van der Waals surface area contributed by atoms with Gasteiger partial charge < -0.3 is 14.4 Å². The zero-order valence-corrected chi connectivity index (χ0v) is 13.7. The van der Waals surface area contributed by atoms with Crippen LogP contribution in [0.4, 0.5) is 0 Å². The summed E-state index contributed by atoms with van der Waals surface area (Å²) < 4.78 is 10.3. The Labute approximate surface area is 126 Å². The normalized spacial score (nSPS) is 21.6. The van der Waals surface area contributed by atoms with Gasteiger partial charge in [-0.2, -0.15) is 0 Å². The van der Waals surface area contributed by atoms with E-state index in [0.29, 0.717) is 12.1 Å². The highest BCUT2D eigenvalue weighted by Gasteiger charge is 2.56. The summed E-state index contributed by atoms with van der Waals surface area (Å²) in [7, 11) is 2.90. The van der Waals surface area contributed by atoms with Gasteiger partial charge in [0.1, 0.15) is 5.70 Å². The van der Waals surface area contributed by atoms with E-state index in [2.05, 4.69) is 6.58 Å². The van der Waals surface area contributed by atoms with Crippen LogP contribution >= 0.6 is 0 Å². The molecule has 0 aromatic carbocycles. The molecule has 2 unspecified atom stereocenters. The lowest BCUT2D eigenvalue weighted by atomic mass is 9.74. The molecule has 0 radical (unpaired) electrons. The van der Waals surface area contributed by atoms with E-state index in [1.807, 2.05) is 13.8 Å². The molecule has 2 atom stereocenters. The zero-order chi connectivity index (χ0) is 16.4. The summed E-state index contributed by atoms with van der Waals surface area (Å²) in [5.74, 6) is -0.916. The maximum Gasteiger partial charge on any atom is 0.354 e. The maximum atomic E-state index is 12.6. The lowest BCUT2D eigenvalue weighted by molar-refractivity contribution is -0.175. The molecule has 1 aliphatic rings. The van der Waals surface area contributed by atoms with Crippen molar-refractivity contribution in [2.75, 3.05) is 14.2 Å². The number of likely N-dealkylation sites (tertiary alicyclic amines) is 1. The zero-order valence-electron chi connectivity index (χ0n) is 13.7. The van der Waals surface area contributed by atoms with Crippen LogP contribution in [-0.4, -0.2) is 42.6 Å². The molecule has 5 nitrogen and oxygen atoms in total. The van der Waals surface area contributed by atoms with Crippen LogP contribution in [-0.2, 0) is 19.1 Å². The van der Waals surface area contributed by atoms with E-state index < -0.39 is 11.6 Å². The third-order valence-electron chi connectivity index (χ3n) is 4.00. The monoisotopic (exact) mass is 295 g/mol. The average molecular weight is 295 g/mol. The van der Waals surface area contributed by atoms with Gasteiger partial charge in [0.15, 0.2) is 0 Å². The fourth-order valence-corrected chi connectivity index (χ4v) is 2.76. The van der Waals surface area contributed by atoms with E-state index in [-0.39, 0.29) is 17.9 Å². The second-order valence-electron chi connectivity index (χ2n) is 5.93. The van der Waals surface area contributed by atoms with Crippen molar-refractivity contribution >= 4 is 11.9 Å². The second-order valence-corrected chi connectivity index (χ2v) is 5.93. The molecule has 1 saturated heterocycles. The summed E-state index contributed by atoms with van der Waals surface area (Å²) in [6, 6.07) is -0.144. The highest BCUT2D eigenvalue weighted by molar-refractivity contribution is 5.99. The van der Waals surface area contributed by atoms with Gasteiger partial charge in [-0.3, -0.25) is 4.79 Å². The topological polar surface area (TPSA) is 55.8 Å². The van der Waals surface area contributed by atoms with Gasteiger partial charge in [-0.15, -0.1) is 6.58 Å². The van der Waals surface area contributed by atoms with Crippen LogP contribution in [0.1, 0.15) is 34.1 Å². The second kappa shape index (κ2) is 6.43. The number of rotatable bonds is 6. The maximum absolute atomic E-state index is 12.6. The molecule has 0 bridgehead atoms. The van der Waals surface area contributed by atoms with Crippen molar-refractivity contribution in [1.82, 2.24) is 4.90 Å². The van der Waals surface area contributed by atoms with Crippen molar-refractivity contribution in [2.45, 2.75) is 45.8 Å². The number of amides is 1. The summed E-state index contributed by atoms with van der Waals surface area (Å²) in [4.78, 5) is 26.1. The SMILES string of the molecule is C=CCC1C(C(C)(C)OC)C(=O)N1C(C(=O)OC)=C(C)C. The summed E-state index contributed by atoms with van der Waals surface area (Å²) in [5.41, 5.74) is 0.472. The number of carbonyl (C=O) groups is 2. The Hall–Kier alpha value is -1.62. The van der Waals surface area contributed by atoms with Crippen LogP contribution in [0, 0.1) is 5.92 Å². The number of hydrogen-bond acceptors (Lipinski definition) is 4. The van der Waals surface area contributed by atoms with Crippen molar-refractivity contribution in [3.63, 3.8) is 0 Å². The van der Waals surface area contributed by atoms with Gasteiger partial charge in [0, 0.05) is 7.11 Å². The molecule has 0 saturated carbocycles. The molecular weight excluding hydrogens is 270 g/mol. The fraction of sp³-hybridized carbons (Fsp3) is 0.625. The molecule has 5 heteroatoms. The quantitative estimate of drug-likeness (QED) is 0.326. The summed E-state index contributed by atoms with van der Waals surface area (Å²) in [6.45, 7) is 11.1. The fourth-order valence-electron chi connectivity index (χ4n) is 2.76. The van der Waals surface area contributed by atoms with Crippen molar-refractivity contribution in [3.8, 4) is 0 Å². The average Bonchev–Trinajstić information content (AvgIpc) is 2.42. The highest BCUT2D eigenvalue weighted by Crippen LogP contribution is 2.42. The Bertz CT molecular complexity index is 475. The smallest absolute Gasteiger partial charge is 0.354 e. The standard InChI is InChI=1S/C16H25NO4/c1-8-9-11-12(16(4,5)21-7)14(18)17(11)13(10(2)3)15(19)20-6/h8,11-12H,1,9H2,2-7H3. The van der Waals surface area contributed by atoms with E-state index >= 15 is 0 Å². The molecule has 1 heterocycles. The summed E-state index contributed by atoms with van der Waals surface area (Å²) in [5, 5.41) is 0. The Kier molecular flexibility index (Phi) is 5.34. The lowest BCUT2D eigenvalue weighted by Gasteiger charge is -2.52. The number of nitrogens with zero attached hydrogens (tertiary/aromatic N) is 1. The first-order valence-corrected chi connectivity index (χ1v) is 6.97. The van der Waals surface area contributed by atoms with Crippen LogP contribution in [0.25, 0.3) is 0 Å². The first-order chi connectivity index (χ1) is 9.72. The Morgan fingerprint density at radius 1 is 1.38 bits per heavy atom. The van der Waals surface area contributed by atoms with Crippen LogP contribution < -0.4 is 0 Å². The molecule has 1 rings (SSSR count). The minimum Gasteiger partial charge on any atom is -0.464 e. The predicted octanol–water partition coefficient (Wildman–Crippen LogP) is 2.28. The van der Waals surface area contributed by atoms with E-state index in [0.717, 1.165) is 5.57 Å². The third kappa shape index (κ3) is 3.02. The Morgan fingerprint density at radius 2 is 1.95 bits per heavy atom.